The van der Waals surface area contributed by atoms with Gasteiger partial charge in [-0.1, -0.05) is 12.2 Å². The Hall–Kier alpha value is -0.900. The number of H-pyrrole nitrogens is 1. The quantitative estimate of drug-likeness (QED) is 0.552. The van der Waals surface area contributed by atoms with Gasteiger partial charge in [0, 0.05) is 12.4 Å². The zero-order valence-electron chi connectivity index (χ0n) is 4.01. The Balaban J connectivity index is 2.93. The predicted molar refractivity (Wildman–Crippen MR) is 33.4 cm³/mol. The summed E-state index contributed by atoms with van der Waals surface area (Å²) in [5.74, 6) is 0.458. The van der Waals surface area contributed by atoms with Crippen molar-refractivity contribution in [2.45, 2.75) is 0 Å². The van der Waals surface area contributed by atoms with Gasteiger partial charge in [-0.3, -0.25) is 5.73 Å². The van der Waals surface area contributed by atoms with Gasteiger partial charge in [-0.25, -0.2) is 4.98 Å². The highest BCUT2D eigenvalue weighted by atomic mass is 32.1. The van der Waals surface area contributed by atoms with E-state index in [-0.39, 0.29) is 4.99 Å². The topological polar surface area (TPSA) is 52.5 Å². The first-order chi connectivity index (χ1) is 3.80. The van der Waals surface area contributed by atoms with E-state index in [1.165, 1.54) is 0 Å². The summed E-state index contributed by atoms with van der Waals surface area (Å²) in [6, 6.07) is 0. The van der Waals surface area contributed by atoms with Crippen LogP contribution in [0, 0.1) is 0 Å². The highest BCUT2D eigenvalue weighted by molar-refractivity contribution is 7.80. The van der Waals surface area contributed by atoms with Crippen molar-refractivity contribution in [3.05, 3.63) is 18.2 Å². The molecule has 1 aromatic heterocycles. The summed E-state index contributed by atoms with van der Waals surface area (Å²) in [6.07, 6.45) is 3.20. The highest BCUT2D eigenvalue weighted by Crippen LogP contribution is 1.86. The van der Waals surface area contributed by atoms with Crippen LogP contribution in [0.25, 0.3) is 0 Å². The van der Waals surface area contributed by atoms with Gasteiger partial charge in [0.15, 0.2) is 10.8 Å². The SMILES string of the molecule is [NH]C(=S)c1ncc[nH]1. The number of imidazole rings is 1. The third-order valence-corrected chi connectivity index (χ3v) is 0.907. The Morgan fingerprint density at radius 2 is 2.62 bits per heavy atom. The number of nitrogens with one attached hydrogen (secondary N) is 2. The van der Waals surface area contributed by atoms with Crippen molar-refractivity contribution >= 4 is 17.2 Å². The Morgan fingerprint density at radius 1 is 1.88 bits per heavy atom. The summed E-state index contributed by atoms with van der Waals surface area (Å²) >= 11 is 4.49. The van der Waals surface area contributed by atoms with Crippen molar-refractivity contribution in [3.63, 3.8) is 0 Å². The van der Waals surface area contributed by atoms with Crippen LogP contribution in [0.1, 0.15) is 5.82 Å². The maximum Gasteiger partial charge on any atom is 0.166 e. The van der Waals surface area contributed by atoms with Gasteiger partial charge >= 0.3 is 0 Å². The van der Waals surface area contributed by atoms with E-state index in [4.69, 9.17) is 5.73 Å². The summed E-state index contributed by atoms with van der Waals surface area (Å²) < 4.78 is 0. The molecular weight excluding hydrogens is 122 g/mol. The first kappa shape index (κ1) is 5.24. The van der Waals surface area contributed by atoms with E-state index in [1.807, 2.05) is 0 Å². The van der Waals surface area contributed by atoms with Crippen LogP contribution in [0.5, 0.6) is 0 Å². The number of aromatic nitrogens is 2. The maximum absolute atomic E-state index is 6.87. The minimum absolute atomic E-state index is 0.0509. The molecule has 3 nitrogen and oxygen atoms in total. The molecule has 0 unspecified atom stereocenters. The van der Waals surface area contributed by atoms with Crippen molar-refractivity contribution in [2.24, 2.45) is 0 Å². The van der Waals surface area contributed by atoms with Crippen molar-refractivity contribution in [1.82, 2.24) is 15.7 Å². The van der Waals surface area contributed by atoms with Crippen LogP contribution in [0.15, 0.2) is 12.4 Å². The van der Waals surface area contributed by atoms with Crippen LogP contribution >= 0.6 is 12.2 Å². The lowest BCUT2D eigenvalue weighted by Crippen LogP contribution is -1.98. The lowest BCUT2D eigenvalue weighted by atomic mass is 10.6. The molecule has 0 fully saturated rings. The molecule has 0 atom stereocenters. The minimum atomic E-state index is 0.0509. The highest BCUT2D eigenvalue weighted by Gasteiger charge is 1.94. The lowest BCUT2D eigenvalue weighted by Gasteiger charge is -1.82. The fourth-order valence-corrected chi connectivity index (χ4v) is 0.501. The molecule has 1 heterocycles. The van der Waals surface area contributed by atoms with Crippen LogP contribution in [0.3, 0.4) is 0 Å². The largest absolute Gasteiger partial charge is 0.343 e. The van der Waals surface area contributed by atoms with Crippen molar-refractivity contribution in [3.8, 4) is 0 Å². The van der Waals surface area contributed by atoms with E-state index in [0.29, 0.717) is 5.82 Å². The number of thiocarbonyl (C=S) groups is 1. The second-order valence-electron chi connectivity index (χ2n) is 1.27. The van der Waals surface area contributed by atoms with E-state index in [0.717, 1.165) is 0 Å². The van der Waals surface area contributed by atoms with Gasteiger partial charge < -0.3 is 4.98 Å². The van der Waals surface area contributed by atoms with E-state index in [2.05, 4.69) is 22.2 Å². The molecule has 41 valence electrons. The Labute approximate surface area is 51.9 Å². The van der Waals surface area contributed by atoms with E-state index >= 15 is 0 Å². The van der Waals surface area contributed by atoms with Crippen molar-refractivity contribution < 1.29 is 0 Å². The first-order valence-corrected chi connectivity index (χ1v) is 2.47. The van der Waals surface area contributed by atoms with E-state index < -0.39 is 0 Å². The van der Waals surface area contributed by atoms with Crippen molar-refractivity contribution in [2.75, 3.05) is 0 Å². The molecule has 1 rings (SSSR count). The van der Waals surface area contributed by atoms with Gasteiger partial charge in [-0.15, -0.1) is 0 Å². The third kappa shape index (κ3) is 0.840. The summed E-state index contributed by atoms with van der Waals surface area (Å²) in [5.41, 5.74) is 6.87. The zero-order valence-corrected chi connectivity index (χ0v) is 4.83. The monoisotopic (exact) mass is 126 g/mol. The molecule has 1 radical (unpaired) electrons. The third-order valence-electron chi connectivity index (χ3n) is 0.713. The zero-order chi connectivity index (χ0) is 5.98. The molecule has 4 heteroatoms. The van der Waals surface area contributed by atoms with E-state index in [9.17, 15) is 0 Å². The van der Waals surface area contributed by atoms with Gasteiger partial charge in [0.05, 0.1) is 0 Å². The standard InChI is InChI=1S/C4H4N3S/c5-3(8)4-6-1-2-7-4/h1-2,5H,(H,6,7). The molecular formula is C4H4N3S. The number of nitrogens with zero attached hydrogens (tertiary/aromatic N) is 1. The smallest absolute Gasteiger partial charge is 0.166 e. The number of hydrogen-bond donors (Lipinski definition) is 1. The van der Waals surface area contributed by atoms with Gasteiger partial charge in [-0.2, -0.15) is 0 Å². The maximum atomic E-state index is 6.87. The number of rotatable bonds is 1. The second kappa shape index (κ2) is 1.92. The predicted octanol–water partition coefficient (Wildman–Crippen LogP) is 0.368. The summed E-state index contributed by atoms with van der Waals surface area (Å²) in [6.45, 7) is 0. The lowest BCUT2D eigenvalue weighted by molar-refractivity contribution is 1.26. The van der Waals surface area contributed by atoms with Gasteiger partial charge in [0.25, 0.3) is 0 Å². The first-order valence-electron chi connectivity index (χ1n) is 2.06. The Morgan fingerprint density at radius 3 is 2.88 bits per heavy atom. The molecule has 0 aliphatic heterocycles. The number of aromatic amines is 1. The van der Waals surface area contributed by atoms with Crippen LogP contribution < -0.4 is 5.73 Å². The molecule has 0 saturated carbocycles. The minimum Gasteiger partial charge on any atom is -0.343 e. The molecule has 0 spiro atoms. The molecule has 0 saturated heterocycles. The average molecular weight is 126 g/mol. The molecule has 1 aromatic rings. The van der Waals surface area contributed by atoms with Crippen LogP contribution in [-0.4, -0.2) is 15.0 Å². The van der Waals surface area contributed by atoms with Gasteiger partial charge in [0.2, 0.25) is 0 Å². The summed E-state index contributed by atoms with van der Waals surface area (Å²) in [5, 5.41) is 0. The Bertz CT molecular complexity index is 179. The fourth-order valence-electron chi connectivity index (χ4n) is 0.389. The molecule has 8 heavy (non-hydrogen) atoms. The fraction of sp³-hybridized carbons (Fsp3) is 0. The average Bonchev–Trinajstić information content (AvgIpc) is 2.12. The summed E-state index contributed by atoms with van der Waals surface area (Å²) in [4.78, 5) is 6.48. The van der Waals surface area contributed by atoms with Crippen LogP contribution in [0.2, 0.25) is 0 Å². The molecule has 0 aromatic carbocycles. The normalized spacial score (nSPS) is 9.00. The Kier molecular flexibility index (Phi) is 1.26. The molecule has 0 amide bonds. The van der Waals surface area contributed by atoms with E-state index in [1.54, 1.807) is 12.4 Å². The van der Waals surface area contributed by atoms with Crippen LogP contribution in [0.4, 0.5) is 0 Å². The van der Waals surface area contributed by atoms with Gasteiger partial charge in [0.1, 0.15) is 0 Å². The number of hydrogen-bond acceptors (Lipinski definition) is 2. The molecule has 2 N–H and O–H groups in total. The summed E-state index contributed by atoms with van der Waals surface area (Å²) in [7, 11) is 0. The van der Waals surface area contributed by atoms with Crippen molar-refractivity contribution in [1.29, 1.82) is 0 Å². The molecule has 0 aliphatic carbocycles. The molecule has 0 aliphatic rings. The second-order valence-corrected chi connectivity index (χ2v) is 1.68. The van der Waals surface area contributed by atoms with Gasteiger partial charge in [-0.05, 0) is 0 Å². The van der Waals surface area contributed by atoms with Crippen LogP contribution in [-0.2, 0) is 0 Å². The molecule has 0 bridgehead atoms.